The molecule has 0 amide bonds. The standard InChI is InChI=1S/C11H17N3/c1-9-4-6-14(7-5-9)11-3-2-10(12)8-13-11/h2-3,8-9H,4-7,12H2,1H3/i1D3,2D,3D,4D2,5D2,6D2,7D2,8D,9D. The summed E-state index contributed by atoms with van der Waals surface area (Å²) < 4.78 is 119. The molecule has 0 saturated carbocycles. The molecule has 3 nitrogen and oxygen atoms in total. The maximum absolute atomic E-state index is 8.15. The van der Waals surface area contributed by atoms with Gasteiger partial charge in [0.1, 0.15) is 5.82 Å². The number of aromatic nitrogens is 1. The Morgan fingerprint density at radius 2 is 2.50 bits per heavy atom. The average molecular weight is 206 g/mol. The van der Waals surface area contributed by atoms with E-state index in [9.17, 15) is 0 Å². The maximum atomic E-state index is 8.15. The zero-order valence-corrected chi connectivity index (χ0v) is 6.97. The van der Waals surface area contributed by atoms with E-state index in [2.05, 4.69) is 4.98 Å². The number of anilines is 2. The third kappa shape index (κ3) is 1.97. The summed E-state index contributed by atoms with van der Waals surface area (Å²) in [6.45, 7) is -11.3. The van der Waals surface area contributed by atoms with E-state index in [1.54, 1.807) is 0 Å². The van der Waals surface area contributed by atoms with Crippen LogP contribution in [0.15, 0.2) is 18.3 Å². The molecule has 1 aromatic heterocycles. The van der Waals surface area contributed by atoms with Gasteiger partial charge in [-0.1, -0.05) is 6.85 Å². The molecule has 0 atom stereocenters. The summed E-state index contributed by atoms with van der Waals surface area (Å²) in [5.41, 5.74) is 4.81. The fourth-order valence-corrected chi connectivity index (χ4v) is 0.787. The van der Waals surface area contributed by atoms with E-state index >= 15 is 0 Å². The Morgan fingerprint density at radius 1 is 1.71 bits per heavy atom. The van der Waals surface area contributed by atoms with Crippen molar-refractivity contribution in [2.45, 2.75) is 19.6 Å². The minimum Gasteiger partial charge on any atom is -0.397 e. The quantitative estimate of drug-likeness (QED) is 0.763. The zero-order valence-electron chi connectivity index (χ0n) is 22.0. The van der Waals surface area contributed by atoms with Crippen LogP contribution < -0.4 is 10.6 Å². The molecule has 3 heteroatoms. The van der Waals surface area contributed by atoms with Gasteiger partial charge in [-0.15, -0.1) is 0 Å². The normalized spacial score (nSPS) is 51.7. The Morgan fingerprint density at radius 3 is 3.21 bits per heavy atom. The van der Waals surface area contributed by atoms with Crippen molar-refractivity contribution in [3.8, 4) is 0 Å². The van der Waals surface area contributed by atoms with E-state index < -0.39 is 68.2 Å². The topological polar surface area (TPSA) is 42.2 Å². The monoisotopic (exact) mass is 206 g/mol. The summed E-state index contributed by atoms with van der Waals surface area (Å²) in [5, 5.41) is 0. The van der Waals surface area contributed by atoms with E-state index in [0.717, 1.165) is 0 Å². The van der Waals surface area contributed by atoms with Crippen LogP contribution in [0.25, 0.3) is 0 Å². The molecule has 1 fully saturated rings. The minimum absolute atomic E-state index is 0.254. The lowest BCUT2D eigenvalue weighted by atomic mass is 9.99. The third-order valence-corrected chi connectivity index (χ3v) is 1.39. The van der Waals surface area contributed by atoms with Crippen LogP contribution in [0.3, 0.4) is 0 Å². The van der Waals surface area contributed by atoms with Crippen molar-refractivity contribution >= 4 is 11.5 Å². The molecule has 0 spiro atoms. The molecule has 2 rings (SSSR count). The Balaban J connectivity index is 3.00. The van der Waals surface area contributed by atoms with Gasteiger partial charge in [-0.25, -0.2) is 4.98 Å². The van der Waals surface area contributed by atoms with Gasteiger partial charge in [0.15, 0.2) is 0 Å². The zero-order chi connectivity index (χ0) is 23.2. The second-order valence-corrected chi connectivity index (χ2v) is 2.39. The number of piperidine rings is 1. The highest BCUT2D eigenvalue weighted by molar-refractivity contribution is 5.45. The Labute approximate surface area is 106 Å². The molecular formula is C11H17N3. The van der Waals surface area contributed by atoms with Gasteiger partial charge >= 0.3 is 0 Å². The molecule has 1 saturated heterocycles. The number of hydrogen-bond donors (Lipinski definition) is 1. The summed E-state index contributed by atoms with van der Waals surface area (Å²) in [7, 11) is 0. The van der Waals surface area contributed by atoms with Crippen molar-refractivity contribution in [1.82, 2.24) is 4.98 Å². The Hall–Kier alpha value is -1.25. The summed E-state index contributed by atoms with van der Waals surface area (Å²) >= 11 is 0. The van der Waals surface area contributed by atoms with Gasteiger partial charge in [-0.2, -0.15) is 0 Å². The first-order chi connectivity index (χ1) is 12.6. The Bertz CT molecular complexity index is 817. The molecule has 0 aromatic carbocycles. The summed E-state index contributed by atoms with van der Waals surface area (Å²) in [6, 6.07) is -1.88. The summed E-state index contributed by atoms with van der Waals surface area (Å²) in [4.78, 5) is 3.18. The summed E-state index contributed by atoms with van der Waals surface area (Å²) in [6.07, 6.45) is -8.62. The van der Waals surface area contributed by atoms with Gasteiger partial charge in [-0.3, -0.25) is 0 Å². The first kappa shape index (κ1) is 2.13. The van der Waals surface area contributed by atoms with E-state index in [0.29, 0.717) is 0 Å². The van der Waals surface area contributed by atoms with Gasteiger partial charge in [0.25, 0.3) is 0 Å². The van der Waals surface area contributed by atoms with Crippen molar-refractivity contribution in [2.75, 3.05) is 23.6 Å². The van der Waals surface area contributed by atoms with Gasteiger partial charge < -0.3 is 10.6 Å². The number of pyridine rings is 1. The van der Waals surface area contributed by atoms with Crippen LogP contribution in [0.4, 0.5) is 11.5 Å². The molecule has 2 N–H and O–H groups in total. The van der Waals surface area contributed by atoms with Crippen LogP contribution in [0.1, 0.15) is 40.2 Å². The first-order valence-electron chi connectivity index (χ1n) is 11.2. The van der Waals surface area contributed by atoms with Gasteiger partial charge in [-0.05, 0) is 30.7 Å². The number of hydrogen-bond acceptors (Lipinski definition) is 3. The highest BCUT2D eigenvalue weighted by Crippen LogP contribution is 2.21. The number of nitrogen functional groups attached to an aromatic ring is 1. The largest absolute Gasteiger partial charge is 0.397 e. The predicted molar refractivity (Wildman–Crippen MR) is 59.3 cm³/mol. The second-order valence-electron chi connectivity index (χ2n) is 2.39. The first-order valence-corrected chi connectivity index (χ1v) is 3.66. The van der Waals surface area contributed by atoms with E-state index in [-0.39, 0.29) is 4.90 Å². The lowest BCUT2D eigenvalue weighted by Crippen LogP contribution is -2.33. The fraction of sp³-hybridized carbons (Fsp3) is 0.545. The molecular weight excluding hydrogens is 174 g/mol. The van der Waals surface area contributed by atoms with Crippen LogP contribution in [-0.4, -0.2) is 18.0 Å². The van der Waals surface area contributed by atoms with E-state index in [1.807, 2.05) is 0 Å². The fourth-order valence-electron chi connectivity index (χ4n) is 0.787. The average Bonchev–Trinajstić information content (AvgIpc) is 2.53. The highest BCUT2D eigenvalue weighted by atomic mass is 15.2. The van der Waals surface area contributed by atoms with E-state index in [1.165, 1.54) is 0 Å². The van der Waals surface area contributed by atoms with Crippen LogP contribution in [0.2, 0.25) is 0 Å². The molecule has 1 aliphatic rings. The van der Waals surface area contributed by atoms with Crippen molar-refractivity contribution in [3.63, 3.8) is 0 Å². The molecule has 14 heavy (non-hydrogen) atoms. The lowest BCUT2D eigenvalue weighted by molar-refractivity contribution is 0.436. The smallest absolute Gasteiger partial charge is 0.128 e. The molecule has 1 aromatic rings. The molecule has 0 bridgehead atoms. The van der Waals surface area contributed by atoms with Gasteiger partial charge in [0.05, 0.1) is 16.0 Å². The van der Waals surface area contributed by atoms with Crippen LogP contribution in [-0.2, 0) is 0 Å². The molecule has 76 valence electrons. The minimum atomic E-state index is -3.92. The molecule has 0 unspecified atom stereocenters. The number of nitrogens with zero attached hydrogens (tertiary/aromatic N) is 2. The molecule has 0 radical (unpaired) electrons. The SMILES string of the molecule is [2H]c1nc(N2C([2H])([2H])C([2H])([2H])C([2H])(C([2H])([2H])[2H])C([2H])([2H])C2([2H])[2H])c([2H])c([2H])c1N. The van der Waals surface area contributed by atoms with Crippen LogP contribution in [0, 0.1) is 5.89 Å². The predicted octanol–water partition coefficient (Wildman–Crippen LogP) is 1.90. The van der Waals surface area contributed by atoms with Crippen molar-refractivity contribution in [3.05, 3.63) is 18.3 Å². The van der Waals surface area contributed by atoms with Crippen molar-refractivity contribution in [1.29, 1.82) is 0 Å². The Kier molecular flexibility index (Phi) is 0.588. The van der Waals surface area contributed by atoms with E-state index in [4.69, 9.17) is 26.3 Å². The van der Waals surface area contributed by atoms with Gasteiger partial charge in [0.2, 0.25) is 0 Å². The third-order valence-electron chi connectivity index (χ3n) is 1.39. The summed E-state index contributed by atoms with van der Waals surface area (Å²) in [5.74, 6) is -5.04. The van der Waals surface area contributed by atoms with Gasteiger partial charge in [0, 0.05) is 29.4 Å². The van der Waals surface area contributed by atoms with Crippen molar-refractivity contribution in [2.24, 2.45) is 5.89 Å². The molecule has 0 aliphatic carbocycles. The lowest BCUT2D eigenvalue weighted by Gasteiger charge is -2.31. The molecule has 1 aliphatic heterocycles. The maximum Gasteiger partial charge on any atom is 0.128 e. The highest BCUT2D eigenvalue weighted by Gasteiger charge is 2.16. The number of nitrogens with two attached hydrogens (primary N) is 1. The van der Waals surface area contributed by atoms with Crippen molar-refractivity contribution < 1.29 is 20.6 Å². The van der Waals surface area contributed by atoms with Crippen LogP contribution >= 0.6 is 0 Å². The van der Waals surface area contributed by atoms with Crippen LogP contribution in [0.5, 0.6) is 0 Å². The number of rotatable bonds is 1. The molecule has 2 heterocycles. The second kappa shape index (κ2) is 3.86.